The van der Waals surface area contributed by atoms with Gasteiger partial charge in [0.2, 0.25) is 0 Å². The maximum atomic E-state index is 10.8. The fraction of sp³-hybridized carbons (Fsp3) is 0.875. The lowest BCUT2D eigenvalue weighted by Crippen LogP contribution is -2.25. The number of aliphatic hydroxyl groups is 1. The Hall–Kier alpha value is -0.570. The monoisotopic (exact) mass is 158 g/mol. The van der Waals surface area contributed by atoms with Crippen LogP contribution in [0, 0.1) is 11.8 Å². The van der Waals surface area contributed by atoms with Crippen LogP contribution >= 0.6 is 0 Å². The van der Waals surface area contributed by atoms with E-state index in [9.17, 15) is 9.90 Å². The summed E-state index contributed by atoms with van der Waals surface area (Å²) in [7, 11) is 0. The van der Waals surface area contributed by atoms with E-state index in [0.29, 0.717) is 0 Å². The molecule has 1 aliphatic rings. The van der Waals surface area contributed by atoms with Gasteiger partial charge < -0.3 is 9.84 Å². The third-order valence-electron chi connectivity index (χ3n) is 2.17. The van der Waals surface area contributed by atoms with E-state index in [-0.39, 0.29) is 17.9 Å². The summed E-state index contributed by atoms with van der Waals surface area (Å²) in [6.07, 6.45) is -1.03. The summed E-state index contributed by atoms with van der Waals surface area (Å²) < 4.78 is 4.96. The highest BCUT2D eigenvalue weighted by Crippen LogP contribution is 2.27. The SMILES string of the molecule is CC(C)[C@@H]1OC(=O)[C@@H](O)[C@H]1C. The van der Waals surface area contributed by atoms with Crippen molar-refractivity contribution in [2.45, 2.75) is 33.0 Å². The molecule has 0 aromatic heterocycles. The Morgan fingerprint density at radius 3 is 2.27 bits per heavy atom. The predicted molar refractivity (Wildman–Crippen MR) is 39.9 cm³/mol. The van der Waals surface area contributed by atoms with Crippen LogP contribution in [0.2, 0.25) is 0 Å². The second-order valence-electron chi connectivity index (χ2n) is 3.45. The molecule has 1 fully saturated rings. The van der Waals surface area contributed by atoms with Crippen LogP contribution in [-0.4, -0.2) is 23.3 Å². The first-order valence-corrected chi connectivity index (χ1v) is 3.92. The number of carbonyl (C=O) groups excluding carboxylic acids is 1. The first-order chi connectivity index (χ1) is 5.04. The molecule has 1 heterocycles. The first-order valence-electron chi connectivity index (χ1n) is 3.92. The van der Waals surface area contributed by atoms with Gasteiger partial charge in [-0.05, 0) is 5.92 Å². The lowest BCUT2D eigenvalue weighted by Gasteiger charge is -2.17. The van der Waals surface area contributed by atoms with Crippen LogP contribution in [-0.2, 0) is 9.53 Å². The molecular formula is C8H14O3. The molecule has 0 amide bonds. The molecule has 0 spiro atoms. The molecule has 0 aliphatic carbocycles. The summed E-state index contributed by atoms with van der Waals surface area (Å²) in [4.78, 5) is 10.8. The van der Waals surface area contributed by atoms with Crippen LogP contribution in [0.3, 0.4) is 0 Å². The molecule has 1 N–H and O–H groups in total. The number of carbonyl (C=O) groups is 1. The van der Waals surface area contributed by atoms with Gasteiger partial charge >= 0.3 is 5.97 Å². The fourth-order valence-electron chi connectivity index (χ4n) is 1.45. The molecule has 3 atom stereocenters. The average Bonchev–Trinajstić information content (AvgIpc) is 2.17. The topological polar surface area (TPSA) is 46.5 Å². The minimum atomic E-state index is -0.914. The maximum Gasteiger partial charge on any atom is 0.335 e. The second kappa shape index (κ2) is 2.81. The highest BCUT2D eigenvalue weighted by Gasteiger charge is 2.41. The number of rotatable bonds is 1. The van der Waals surface area contributed by atoms with Crippen molar-refractivity contribution in [1.82, 2.24) is 0 Å². The van der Waals surface area contributed by atoms with Gasteiger partial charge in [-0.1, -0.05) is 20.8 Å². The lowest BCUT2D eigenvalue weighted by molar-refractivity contribution is -0.148. The Bertz CT molecular complexity index is 165. The normalized spacial score (nSPS) is 37.9. The van der Waals surface area contributed by atoms with E-state index in [2.05, 4.69) is 0 Å². The van der Waals surface area contributed by atoms with Gasteiger partial charge in [0, 0.05) is 5.92 Å². The Balaban J connectivity index is 2.67. The van der Waals surface area contributed by atoms with Crippen molar-refractivity contribution in [2.75, 3.05) is 0 Å². The second-order valence-corrected chi connectivity index (χ2v) is 3.45. The maximum absolute atomic E-state index is 10.8. The Morgan fingerprint density at radius 1 is 1.55 bits per heavy atom. The molecular weight excluding hydrogens is 144 g/mol. The average molecular weight is 158 g/mol. The zero-order valence-electron chi connectivity index (χ0n) is 7.07. The molecule has 3 heteroatoms. The highest BCUT2D eigenvalue weighted by atomic mass is 16.6. The minimum Gasteiger partial charge on any atom is -0.460 e. The van der Waals surface area contributed by atoms with Crippen molar-refractivity contribution in [1.29, 1.82) is 0 Å². The largest absolute Gasteiger partial charge is 0.460 e. The van der Waals surface area contributed by atoms with E-state index >= 15 is 0 Å². The van der Waals surface area contributed by atoms with E-state index in [4.69, 9.17) is 4.74 Å². The molecule has 0 aromatic rings. The van der Waals surface area contributed by atoms with E-state index < -0.39 is 12.1 Å². The summed E-state index contributed by atoms with van der Waals surface area (Å²) in [6.45, 7) is 5.79. The van der Waals surface area contributed by atoms with Crippen LogP contribution in [0.4, 0.5) is 0 Å². The van der Waals surface area contributed by atoms with Crippen LogP contribution in [0.15, 0.2) is 0 Å². The zero-order valence-corrected chi connectivity index (χ0v) is 7.07. The van der Waals surface area contributed by atoms with Crippen LogP contribution in [0.25, 0.3) is 0 Å². The summed E-state index contributed by atoms with van der Waals surface area (Å²) in [5.41, 5.74) is 0. The first kappa shape index (κ1) is 8.53. The van der Waals surface area contributed by atoms with Crippen LogP contribution < -0.4 is 0 Å². The quantitative estimate of drug-likeness (QED) is 0.567. The van der Waals surface area contributed by atoms with Gasteiger partial charge in [-0.15, -0.1) is 0 Å². The van der Waals surface area contributed by atoms with Gasteiger partial charge in [0.1, 0.15) is 6.10 Å². The van der Waals surface area contributed by atoms with Gasteiger partial charge in [0.05, 0.1) is 0 Å². The molecule has 1 rings (SSSR count). The Morgan fingerprint density at radius 2 is 2.09 bits per heavy atom. The van der Waals surface area contributed by atoms with Crippen molar-refractivity contribution in [3.05, 3.63) is 0 Å². The van der Waals surface area contributed by atoms with Crippen LogP contribution in [0.5, 0.6) is 0 Å². The smallest absolute Gasteiger partial charge is 0.335 e. The zero-order chi connectivity index (χ0) is 8.59. The van der Waals surface area contributed by atoms with Crippen molar-refractivity contribution >= 4 is 5.97 Å². The lowest BCUT2D eigenvalue weighted by atomic mass is 9.93. The van der Waals surface area contributed by atoms with Gasteiger partial charge in [-0.25, -0.2) is 4.79 Å². The molecule has 0 unspecified atom stereocenters. The molecule has 0 aromatic carbocycles. The van der Waals surface area contributed by atoms with Gasteiger partial charge in [0.15, 0.2) is 6.10 Å². The summed E-state index contributed by atoms with van der Waals surface area (Å²) in [5.74, 6) is -0.259. The standard InChI is InChI=1S/C8H14O3/c1-4(2)7-5(3)6(9)8(10)11-7/h4-7,9H,1-3H3/t5-,6+,7+/m1/s1. The van der Waals surface area contributed by atoms with Crippen molar-refractivity contribution in [3.8, 4) is 0 Å². The third-order valence-corrected chi connectivity index (χ3v) is 2.17. The third kappa shape index (κ3) is 1.38. The molecule has 1 aliphatic heterocycles. The summed E-state index contributed by atoms with van der Waals surface area (Å²) in [6, 6.07) is 0. The van der Waals surface area contributed by atoms with Gasteiger partial charge in [0.25, 0.3) is 0 Å². The Kier molecular flexibility index (Phi) is 2.18. The number of esters is 1. The molecule has 0 bridgehead atoms. The number of cyclic esters (lactones) is 1. The minimum absolute atomic E-state index is 0.0671. The van der Waals surface area contributed by atoms with Crippen molar-refractivity contribution in [3.63, 3.8) is 0 Å². The Labute approximate surface area is 66.4 Å². The molecule has 11 heavy (non-hydrogen) atoms. The number of hydrogen-bond acceptors (Lipinski definition) is 3. The number of ether oxygens (including phenoxy) is 1. The molecule has 64 valence electrons. The molecule has 0 saturated carbocycles. The fourth-order valence-corrected chi connectivity index (χ4v) is 1.45. The molecule has 1 saturated heterocycles. The molecule has 0 radical (unpaired) electrons. The predicted octanol–water partition coefficient (Wildman–Crippen LogP) is 0.565. The van der Waals surface area contributed by atoms with E-state index in [1.165, 1.54) is 0 Å². The number of hydrogen-bond donors (Lipinski definition) is 1. The number of aliphatic hydroxyl groups excluding tert-OH is 1. The molecule has 3 nitrogen and oxygen atoms in total. The van der Waals surface area contributed by atoms with E-state index in [1.54, 1.807) is 0 Å². The van der Waals surface area contributed by atoms with E-state index in [0.717, 1.165) is 0 Å². The van der Waals surface area contributed by atoms with Crippen molar-refractivity contribution < 1.29 is 14.6 Å². The van der Waals surface area contributed by atoms with Crippen LogP contribution in [0.1, 0.15) is 20.8 Å². The summed E-state index contributed by atoms with van der Waals surface area (Å²) in [5, 5.41) is 9.21. The summed E-state index contributed by atoms with van der Waals surface area (Å²) >= 11 is 0. The van der Waals surface area contributed by atoms with Gasteiger partial charge in [-0.2, -0.15) is 0 Å². The highest BCUT2D eigenvalue weighted by molar-refractivity contribution is 5.77. The van der Waals surface area contributed by atoms with Gasteiger partial charge in [-0.3, -0.25) is 0 Å². The van der Waals surface area contributed by atoms with E-state index in [1.807, 2.05) is 20.8 Å². The van der Waals surface area contributed by atoms with Crippen molar-refractivity contribution in [2.24, 2.45) is 11.8 Å².